The predicted molar refractivity (Wildman–Crippen MR) is 107 cm³/mol. The van der Waals surface area contributed by atoms with Crippen LogP contribution in [-0.2, 0) is 4.74 Å². The zero-order chi connectivity index (χ0) is 19.5. The van der Waals surface area contributed by atoms with Crippen LogP contribution in [0.1, 0.15) is 15.9 Å². The highest BCUT2D eigenvalue weighted by molar-refractivity contribution is 6.41. The Bertz CT molecular complexity index is 764. The molecule has 1 unspecified atom stereocenters. The number of carbonyl (C=O) groups excluding carboxylic acids is 1. The van der Waals surface area contributed by atoms with E-state index < -0.39 is 0 Å². The van der Waals surface area contributed by atoms with Crippen LogP contribution in [0, 0.1) is 17.2 Å². The molecule has 1 saturated heterocycles. The number of halogens is 2. The molecule has 2 aromatic carbocycles. The van der Waals surface area contributed by atoms with Gasteiger partial charge in [-0.2, -0.15) is 5.26 Å². The summed E-state index contributed by atoms with van der Waals surface area (Å²) in [5, 5.41) is 16.2. The van der Waals surface area contributed by atoms with E-state index in [-0.39, 0.29) is 11.8 Å². The van der Waals surface area contributed by atoms with Crippen molar-refractivity contribution in [1.29, 1.82) is 5.26 Å². The van der Waals surface area contributed by atoms with Crippen molar-refractivity contribution in [3.63, 3.8) is 0 Å². The first-order valence-corrected chi connectivity index (χ1v) is 9.32. The number of nitriles is 1. The molecule has 1 heterocycles. The standard InChI is InChI=1S/C14H17N3O2.C6H4Cl2/c15-7-11-2-1-3-13(6-11)14(18)17-9-12-8-16-4-5-19-10-12;7-5-3-1-2-4-6(5)8/h1-3,6,12,16H,4-5,8-10H2,(H,17,18);1-4H. The summed E-state index contributed by atoms with van der Waals surface area (Å²) in [6.07, 6.45) is 0. The van der Waals surface area contributed by atoms with Gasteiger partial charge in [0.25, 0.3) is 5.91 Å². The third kappa shape index (κ3) is 7.58. The average Bonchev–Trinajstić information content (AvgIpc) is 2.98. The number of amides is 1. The Balaban J connectivity index is 0.000000273. The number of rotatable bonds is 3. The Hall–Kier alpha value is -2.10. The van der Waals surface area contributed by atoms with Gasteiger partial charge in [0.1, 0.15) is 0 Å². The molecule has 142 valence electrons. The SMILES string of the molecule is Clc1ccccc1Cl.N#Cc1cccc(C(=O)NCC2CNCCOC2)c1. The lowest BCUT2D eigenvalue weighted by molar-refractivity contribution is 0.0921. The van der Waals surface area contributed by atoms with Crippen LogP contribution in [0.5, 0.6) is 0 Å². The van der Waals surface area contributed by atoms with E-state index in [1.165, 1.54) is 0 Å². The molecular weight excluding hydrogens is 385 g/mol. The summed E-state index contributed by atoms with van der Waals surface area (Å²) in [7, 11) is 0. The Morgan fingerprint density at radius 1 is 1.22 bits per heavy atom. The molecule has 0 aliphatic carbocycles. The van der Waals surface area contributed by atoms with Crippen molar-refractivity contribution in [2.45, 2.75) is 0 Å². The lowest BCUT2D eigenvalue weighted by Crippen LogP contribution is -2.35. The first kappa shape index (κ1) is 21.2. The minimum atomic E-state index is -0.152. The Kier molecular flexibility index (Phi) is 9.09. The quantitative estimate of drug-likeness (QED) is 0.818. The van der Waals surface area contributed by atoms with Crippen LogP contribution in [0.3, 0.4) is 0 Å². The normalized spacial score (nSPS) is 16.3. The number of hydrogen-bond acceptors (Lipinski definition) is 4. The van der Waals surface area contributed by atoms with Crippen molar-refractivity contribution in [1.82, 2.24) is 10.6 Å². The van der Waals surface area contributed by atoms with Crippen molar-refractivity contribution in [3.8, 4) is 6.07 Å². The molecule has 1 aliphatic rings. The van der Waals surface area contributed by atoms with E-state index in [0.29, 0.717) is 40.9 Å². The largest absolute Gasteiger partial charge is 0.380 e. The minimum absolute atomic E-state index is 0.152. The summed E-state index contributed by atoms with van der Waals surface area (Å²) < 4.78 is 5.42. The van der Waals surface area contributed by atoms with Gasteiger partial charge in [-0.05, 0) is 30.3 Å². The highest BCUT2D eigenvalue weighted by atomic mass is 35.5. The van der Waals surface area contributed by atoms with Crippen molar-refractivity contribution >= 4 is 29.1 Å². The van der Waals surface area contributed by atoms with Gasteiger partial charge in [0.05, 0.1) is 34.9 Å². The summed E-state index contributed by atoms with van der Waals surface area (Å²) in [6.45, 7) is 3.65. The molecule has 2 aromatic rings. The average molecular weight is 406 g/mol. The second-order valence-electron chi connectivity index (χ2n) is 5.96. The first-order valence-electron chi connectivity index (χ1n) is 8.57. The maximum Gasteiger partial charge on any atom is 0.251 e. The van der Waals surface area contributed by atoms with Gasteiger partial charge in [-0.3, -0.25) is 4.79 Å². The third-order valence-electron chi connectivity index (χ3n) is 3.84. The molecule has 2 N–H and O–H groups in total. The summed E-state index contributed by atoms with van der Waals surface area (Å²) in [5.74, 6) is 0.131. The van der Waals surface area contributed by atoms with Gasteiger partial charge in [-0.15, -0.1) is 0 Å². The molecular formula is C20H21Cl2N3O2. The van der Waals surface area contributed by atoms with Crippen LogP contribution in [-0.4, -0.2) is 38.8 Å². The fourth-order valence-corrected chi connectivity index (χ4v) is 2.67. The van der Waals surface area contributed by atoms with Gasteiger partial charge >= 0.3 is 0 Å². The fourth-order valence-electron chi connectivity index (χ4n) is 2.40. The second-order valence-corrected chi connectivity index (χ2v) is 6.78. The van der Waals surface area contributed by atoms with Gasteiger partial charge in [-0.1, -0.05) is 41.4 Å². The molecule has 7 heteroatoms. The molecule has 1 amide bonds. The van der Waals surface area contributed by atoms with Gasteiger partial charge in [0.2, 0.25) is 0 Å². The lowest BCUT2D eigenvalue weighted by atomic mass is 10.1. The number of benzene rings is 2. The first-order chi connectivity index (χ1) is 13.1. The molecule has 0 saturated carbocycles. The number of carbonyl (C=O) groups is 1. The van der Waals surface area contributed by atoms with Crippen molar-refractivity contribution < 1.29 is 9.53 Å². The molecule has 1 aliphatic heterocycles. The van der Waals surface area contributed by atoms with Crippen molar-refractivity contribution in [2.24, 2.45) is 5.92 Å². The number of nitrogens with zero attached hydrogens (tertiary/aromatic N) is 1. The van der Waals surface area contributed by atoms with Gasteiger partial charge in [0.15, 0.2) is 0 Å². The molecule has 27 heavy (non-hydrogen) atoms. The van der Waals surface area contributed by atoms with E-state index in [0.717, 1.165) is 13.1 Å². The maximum atomic E-state index is 12.0. The molecule has 5 nitrogen and oxygen atoms in total. The predicted octanol–water partition coefficient (Wildman–Crippen LogP) is 3.52. The summed E-state index contributed by atoms with van der Waals surface area (Å²) in [4.78, 5) is 12.0. The third-order valence-corrected chi connectivity index (χ3v) is 4.60. The van der Waals surface area contributed by atoms with E-state index in [9.17, 15) is 4.79 Å². The zero-order valence-corrected chi connectivity index (χ0v) is 16.3. The van der Waals surface area contributed by atoms with E-state index in [1.807, 2.05) is 18.2 Å². The van der Waals surface area contributed by atoms with Gasteiger partial charge < -0.3 is 15.4 Å². The summed E-state index contributed by atoms with van der Waals surface area (Å²) in [6, 6.07) is 15.9. The Morgan fingerprint density at radius 2 is 1.96 bits per heavy atom. The zero-order valence-electron chi connectivity index (χ0n) is 14.8. The van der Waals surface area contributed by atoms with E-state index in [4.69, 9.17) is 33.2 Å². The van der Waals surface area contributed by atoms with Gasteiger partial charge in [0, 0.05) is 31.1 Å². The number of hydrogen-bond donors (Lipinski definition) is 2. The molecule has 3 rings (SSSR count). The van der Waals surface area contributed by atoms with E-state index >= 15 is 0 Å². The van der Waals surface area contributed by atoms with E-state index in [2.05, 4.69) is 10.6 Å². The highest BCUT2D eigenvalue weighted by Gasteiger charge is 2.14. The van der Waals surface area contributed by atoms with Crippen LogP contribution >= 0.6 is 23.2 Å². The highest BCUT2D eigenvalue weighted by Crippen LogP contribution is 2.19. The number of nitrogens with one attached hydrogen (secondary N) is 2. The smallest absolute Gasteiger partial charge is 0.251 e. The number of ether oxygens (including phenoxy) is 1. The van der Waals surface area contributed by atoms with Crippen LogP contribution in [0.15, 0.2) is 48.5 Å². The van der Waals surface area contributed by atoms with E-state index in [1.54, 1.807) is 36.4 Å². The Morgan fingerprint density at radius 3 is 2.63 bits per heavy atom. The maximum absolute atomic E-state index is 12.0. The molecule has 0 radical (unpaired) electrons. The molecule has 1 atom stereocenters. The fraction of sp³-hybridized carbons (Fsp3) is 0.300. The summed E-state index contributed by atoms with van der Waals surface area (Å²) in [5.41, 5.74) is 1.01. The minimum Gasteiger partial charge on any atom is -0.380 e. The van der Waals surface area contributed by atoms with Crippen molar-refractivity contribution in [3.05, 3.63) is 69.7 Å². The summed E-state index contributed by atoms with van der Waals surface area (Å²) >= 11 is 11.2. The van der Waals surface area contributed by atoms with Crippen molar-refractivity contribution in [2.75, 3.05) is 32.8 Å². The Labute approximate surface area is 169 Å². The van der Waals surface area contributed by atoms with Crippen LogP contribution in [0.2, 0.25) is 10.0 Å². The van der Waals surface area contributed by atoms with Gasteiger partial charge in [-0.25, -0.2) is 0 Å². The molecule has 0 bridgehead atoms. The second kappa shape index (κ2) is 11.6. The monoisotopic (exact) mass is 405 g/mol. The lowest BCUT2D eigenvalue weighted by Gasteiger charge is -2.14. The molecule has 1 fully saturated rings. The van der Waals surface area contributed by atoms with Crippen LogP contribution in [0.4, 0.5) is 0 Å². The van der Waals surface area contributed by atoms with Crippen LogP contribution in [0.25, 0.3) is 0 Å². The topological polar surface area (TPSA) is 74.2 Å². The molecule has 0 spiro atoms. The molecule has 0 aromatic heterocycles. The van der Waals surface area contributed by atoms with Crippen LogP contribution < -0.4 is 10.6 Å².